The molecule has 0 bridgehead atoms. The van der Waals surface area contributed by atoms with Crippen LogP contribution in [0.4, 0.5) is 4.39 Å². The van der Waals surface area contributed by atoms with E-state index in [9.17, 15) is 12.8 Å². The van der Waals surface area contributed by atoms with Crippen LogP contribution in [0, 0.1) is 11.8 Å². The number of nitrogens with one attached hydrogen (secondary N) is 1. The lowest BCUT2D eigenvalue weighted by atomic mass is 10.3. The lowest BCUT2D eigenvalue weighted by molar-refractivity contribution is 0.438. The minimum absolute atomic E-state index is 0.0163. The molecule has 0 saturated heterocycles. The van der Waals surface area contributed by atoms with Gasteiger partial charge in [0.15, 0.2) is 0 Å². The molecule has 1 aromatic heterocycles. The molecule has 16 heavy (non-hydrogen) atoms. The summed E-state index contributed by atoms with van der Waals surface area (Å²) in [7, 11) is -3.58. The van der Waals surface area contributed by atoms with Crippen molar-refractivity contribution < 1.29 is 12.8 Å². The number of aromatic nitrogens is 1. The van der Waals surface area contributed by atoms with E-state index in [0.717, 1.165) is 17.8 Å². The summed E-state index contributed by atoms with van der Waals surface area (Å²) >= 11 is 6.51. The number of nitrogens with zero attached hydrogens (tertiary/aromatic N) is 1. The predicted octanol–water partition coefficient (Wildman–Crippen LogP) is 1.68. The second kappa shape index (κ2) is 4.56. The molecule has 1 fully saturated rings. The van der Waals surface area contributed by atoms with E-state index in [0.29, 0.717) is 0 Å². The van der Waals surface area contributed by atoms with Crippen LogP contribution in [0.15, 0.2) is 9.72 Å². The van der Waals surface area contributed by atoms with Gasteiger partial charge in [-0.1, -0.05) is 11.6 Å². The summed E-state index contributed by atoms with van der Waals surface area (Å²) in [6, 6.07) is 0. The first-order valence-corrected chi connectivity index (χ1v) is 7.43. The largest absolute Gasteiger partial charge is 0.267 e. The summed E-state index contributed by atoms with van der Waals surface area (Å²) in [5.74, 6) is 0.137. The standard InChI is InChI=1S/C8H10ClFN2O2S2/c9-7-4-15-8(12-7)16(13,14)11-3-6-1-5(6)2-10/h4-6,11H,1-3H2/t5-,6+/m0/s1. The van der Waals surface area contributed by atoms with Gasteiger partial charge in [-0.2, -0.15) is 0 Å². The maximum atomic E-state index is 12.2. The summed E-state index contributed by atoms with van der Waals surface area (Å²) < 4.78 is 37.8. The quantitative estimate of drug-likeness (QED) is 0.895. The Balaban J connectivity index is 1.94. The van der Waals surface area contributed by atoms with E-state index in [2.05, 4.69) is 9.71 Å². The van der Waals surface area contributed by atoms with Gasteiger partial charge in [0, 0.05) is 11.9 Å². The van der Waals surface area contributed by atoms with Gasteiger partial charge < -0.3 is 0 Å². The molecule has 0 amide bonds. The summed E-state index contributed by atoms with van der Waals surface area (Å²) in [5.41, 5.74) is 0. The Morgan fingerprint density at radius 2 is 2.38 bits per heavy atom. The molecular formula is C8H10ClFN2O2S2. The van der Waals surface area contributed by atoms with E-state index in [1.165, 1.54) is 5.38 Å². The van der Waals surface area contributed by atoms with Crippen LogP contribution in [-0.4, -0.2) is 26.6 Å². The Labute approximate surface area is 102 Å². The van der Waals surface area contributed by atoms with Crippen LogP contribution in [0.5, 0.6) is 0 Å². The number of halogens is 2. The molecule has 1 aromatic rings. The lowest BCUT2D eigenvalue weighted by Crippen LogP contribution is -2.26. The van der Waals surface area contributed by atoms with Crippen LogP contribution in [0.25, 0.3) is 0 Å². The molecule has 0 aromatic carbocycles. The fourth-order valence-corrected chi connectivity index (χ4v) is 3.71. The molecule has 90 valence electrons. The van der Waals surface area contributed by atoms with E-state index in [4.69, 9.17) is 11.6 Å². The average molecular weight is 285 g/mol. The fraction of sp³-hybridized carbons (Fsp3) is 0.625. The van der Waals surface area contributed by atoms with Crippen LogP contribution in [0.3, 0.4) is 0 Å². The Bertz CT molecular complexity index is 476. The van der Waals surface area contributed by atoms with Gasteiger partial charge in [0.1, 0.15) is 5.15 Å². The molecule has 1 N–H and O–H groups in total. The molecule has 2 rings (SSSR count). The van der Waals surface area contributed by atoms with Crippen molar-refractivity contribution in [3.8, 4) is 0 Å². The highest BCUT2D eigenvalue weighted by molar-refractivity contribution is 7.91. The number of sulfonamides is 1. The van der Waals surface area contributed by atoms with Crippen LogP contribution in [0.1, 0.15) is 6.42 Å². The molecule has 1 heterocycles. The van der Waals surface area contributed by atoms with Crippen molar-refractivity contribution in [2.45, 2.75) is 10.8 Å². The Morgan fingerprint density at radius 1 is 1.62 bits per heavy atom. The highest BCUT2D eigenvalue weighted by Crippen LogP contribution is 2.38. The maximum Gasteiger partial charge on any atom is 0.267 e. The summed E-state index contributed by atoms with van der Waals surface area (Å²) in [4.78, 5) is 3.68. The smallest absolute Gasteiger partial charge is 0.251 e. The van der Waals surface area contributed by atoms with Crippen LogP contribution in [0.2, 0.25) is 5.15 Å². The van der Waals surface area contributed by atoms with Crippen molar-refractivity contribution >= 4 is 33.0 Å². The molecule has 0 aliphatic heterocycles. The van der Waals surface area contributed by atoms with E-state index in [-0.39, 0.29) is 34.5 Å². The Kier molecular flexibility index (Phi) is 3.48. The molecular weight excluding hydrogens is 275 g/mol. The van der Waals surface area contributed by atoms with Gasteiger partial charge in [-0.05, 0) is 18.3 Å². The van der Waals surface area contributed by atoms with E-state index < -0.39 is 10.0 Å². The average Bonchev–Trinajstić information content (AvgIpc) is 2.87. The molecule has 8 heteroatoms. The van der Waals surface area contributed by atoms with Gasteiger partial charge in [-0.15, -0.1) is 11.3 Å². The number of hydrogen-bond acceptors (Lipinski definition) is 4. The van der Waals surface area contributed by atoms with E-state index in [1.807, 2.05) is 0 Å². The lowest BCUT2D eigenvalue weighted by Gasteiger charge is -2.02. The zero-order chi connectivity index (χ0) is 11.8. The third kappa shape index (κ3) is 2.71. The third-order valence-electron chi connectivity index (χ3n) is 2.49. The molecule has 0 spiro atoms. The summed E-state index contributed by atoms with van der Waals surface area (Å²) in [6.07, 6.45) is 0.748. The van der Waals surface area contributed by atoms with Gasteiger partial charge >= 0.3 is 0 Å². The molecule has 1 aliphatic rings. The number of alkyl halides is 1. The van der Waals surface area contributed by atoms with Gasteiger partial charge in [0.05, 0.1) is 6.67 Å². The molecule has 0 unspecified atom stereocenters. The molecule has 2 atom stereocenters. The highest BCUT2D eigenvalue weighted by Gasteiger charge is 2.37. The van der Waals surface area contributed by atoms with E-state index >= 15 is 0 Å². The third-order valence-corrected chi connectivity index (χ3v) is 5.49. The van der Waals surface area contributed by atoms with Crippen LogP contribution >= 0.6 is 22.9 Å². The minimum atomic E-state index is -3.58. The van der Waals surface area contributed by atoms with Crippen molar-refractivity contribution in [1.82, 2.24) is 9.71 Å². The SMILES string of the molecule is O=S(=O)(NC[C@H]1C[C@H]1CF)c1nc(Cl)cs1. The van der Waals surface area contributed by atoms with Crippen molar-refractivity contribution in [1.29, 1.82) is 0 Å². The second-order valence-corrected chi connectivity index (χ2v) is 6.88. The zero-order valence-corrected chi connectivity index (χ0v) is 10.6. The number of thiazole rings is 1. The van der Waals surface area contributed by atoms with Gasteiger partial charge in [-0.3, -0.25) is 4.39 Å². The molecule has 1 saturated carbocycles. The molecule has 0 radical (unpaired) electrons. The zero-order valence-electron chi connectivity index (χ0n) is 8.19. The number of hydrogen-bond donors (Lipinski definition) is 1. The summed E-state index contributed by atoms with van der Waals surface area (Å²) in [5, 5.41) is 1.62. The Hall–Kier alpha value is -0.240. The van der Waals surface area contributed by atoms with Gasteiger partial charge in [0.25, 0.3) is 10.0 Å². The maximum absolute atomic E-state index is 12.2. The monoisotopic (exact) mass is 284 g/mol. The van der Waals surface area contributed by atoms with Gasteiger partial charge in [-0.25, -0.2) is 18.1 Å². The fourth-order valence-electron chi connectivity index (χ4n) is 1.39. The topological polar surface area (TPSA) is 59.1 Å². The van der Waals surface area contributed by atoms with Crippen molar-refractivity contribution in [2.24, 2.45) is 11.8 Å². The first-order chi connectivity index (χ1) is 7.53. The normalized spacial score (nSPS) is 24.6. The van der Waals surface area contributed by atoms with E-state index in [1.54, 1.807) is 0 Å². The molecule has 1 aliphatic carbocycles. The van der Waals surface area contributed by atoms with Crippen LogP contribution in [-0.2, 0) is 10.0 Å². The van der Waals surface area contributed by atoms with Crippen molar-refractivity contribution in [3.63, 3.8) is 0 Å². The summed E-state index contributed by atoms with van der Waals surface area (Å²) in [6.45, 7) is -0.108. The number of rotatable bonds is 5. The van der Waals surface area contributed by atoms with Crippen molar-refractivity contribution in [2.75, 3.05) is 13.2 Å². The van der Waals surface area contributed by atoms with Crippen LogP contribution < -0.4 is 4.72 Å². The minimum Gasteiger partial charge on any atom is -0.251 e. The Morgan fingerprint density at radius 3 is 2.88 bits per heavy atom. The second-order valence-electron chi connectivity index (χ2n) is 3.70. The van der Waals surface area contributed by atoms with Gasteiger partial charge in [0.2, 0.25) is 4.34 Å². The van der Waals surface area contributed by atoms with Crippen molar-refractivity contribution in [3.05, 3.63) is 10.5 Å². The first kappa shape index (κ1) is 12.2. The molecule has 4 nitrogen and oxygen atoms in total. The first-order valence-electron chi connectivity index (χ1n) is 4.69. The highest BCUT2D eigenvalue weighted by atomic mass is 35.5. The predicted molar refractivity (Wildman–Crippen MR) is 59.9 cm³/mol.